The van der Waals surface area contributed by atoms with Crippen LogP contribution in [0.2, 0.25) is 0 Å². The number of likely N-dealkylation sites (N-methyl/N-ethyl adjacent to an activating group) is 1. The summed E-state index contributed by atoms with van der Waals surface area (Å²) in [6, 6.07) is 13.1. The average Bonchev–Trinajstić information content (AvgIpc) is 3.09. The first-order chi connectivity index (χ1) is 13.0. The largest absolute Gasteiger partial charge is 0.370 e. The van der Waals surface area contributed by atoms with E-state index in [4.69, 9.17) is 0 Å². The van der Waals surface area contributed by atoms with Crippen molar-refractivity contribution in [1.29, 1.82) is 0 Å². The van der Waals surface area contributed by atoms with Gasteiger partial charge in [-0.15, -0.1) is 0 Å². The molecular formula is C21H27NO4S2. The molecule has 0 bridgehead atoms. The molecule has 7 heteroatoms. The van der Waals surface area contributed by atoms with Crippen LogP contribution in [0.1, 0.15) is 36.3 Å². The van der Waals surface area contributed by atoms with Crippen molar-refractivity contribution in [1.82, 2.24) is 0 Å². The Morgan fingerprint density at radius 3 is 2.11 bits per heavy atom. The molecule has 0 aliphatic heterocycles. The molecule has 0 heterocycles. The minimum Gasteiger partial charge on any atom is -0.370 e. The number of sulfone groups is 2. The predicted molar refractivity (Wildman–Crippen MR) is 113 cm³/mol. The number of rotatable bonds is 5. The van der Waals surface area contributed by atoms with Gasteiger partial charge in [-0.3, -0.25) is 0 Å². The number of hydrogen-bond acceptors (Lipinski definition) is 5. The highest BCUT2D eigenvalue weighted by atomic mass is 32.2. The second-order valence-corrected chi connectivity index (χ2v) is 11.8. The van der Waals surface area contributed by atoms with Crippen molar-refractivity contribution >= 4 is 25.4 Å². The topological polar surface area (TPSA) is 71.5 Å². The first-order valence-electron chi connectivity index (χ1n) is 9.32. The molecule has 0 N–H and O–H groups in total. The molecule has 0 saturated heterocycles. The van der Waals surface area contributed by atoms with Gasteiger partial charge in [0.15, 0.2) is 19.7 Å². The second-order valence-electron chi connectivity index (χ2n) is 7.80. The van der Waals surface area contributed by atoms with Gasteiger partial charge in [-0.1, -0.05) is 36.2 Å². The summed E-state index contributed by atoms with van der Waals surface area (Å²) < 4.78 is 48.7. The zero-order chi connectivity index (χ0) is 20.7. The number of aryl methyl sites for hydroxylation is 1. The Morgan fingerprint density at radius 2 is 1.54 bits per heavy atom. The van der Waals surface area contributed by atoms with Crippen molar-refractivity contribution in [3.05, 3.63) is 53.6 Å². The van der Waals surface area contributed by atoms with Gasteiger partial charge in [0, 0.05) is 31.5 Å². The Balaban J connectivity index is 2.03. The maximum Gasteiger partial charge on any atom is 0.177 e. The molecule has 1 aliphatic carbocycles. The van der Waals surface area contributed by atoms with E-state index in [9.17, 15) is 16.8 Å². The van der Waals surface area contributed by atoms with E-state index in [0.717, 1.165) is 31.8 Å². The normalized spacial score (nSPS) is 20.3. The lowest BCUT2D eigenvalue weighted by molar-refractivity contribution is 0.573. The van der Waals surface area contributed by atoms with Gasteiger partial charge in [-0.05, 0) is 43.5 Å². The molecule has 0 spiro atoms. The Bertz CT molecular complexity index is 1070. The molecule has 152 valence electrons. The van der Waals surface area contributed by atoms with Crippen molar-refractivity contribution in [3.63, 3.8) is 0 Å². The van der Waals surface area contributed by atoms with Gasteiger partial charge in [0.25, 0.3) is 0 Å². The highest BCUT2D eigenvalue weighted by molar-refractivity contribution is 7.91. The molecule has 2 aromatic rings. The highest BCUT2D eigenvalue weighted by Crippen LogP contribution is 2.40. The zero-order valence-electron chi connectivity index (χ0n) is 16.7. The monoisotopic (exact) mass is 421 g/mol. The van der Waals surface area contributed by atoms with Crippen LogP contribution in [0.15, 0.2) is 52.3 Å². The van der Waals surface area contributed by atoms with Crippen LogP contribution in [0.4, 0.5) is 5.69 Å². The molecule has 3 rings (SSSR count). The Labute approximate surface area is 168 Å². The molecule has 1 fully saturated rings. The minimum absolute atomic E-state index is 0.0200. The lowest BCUT2D eigenvalue weighted by Gasteiger charge is -2.33. The lowest BCUT2D eigenvalue weighted by atomic mass is 9.92. The van der Waals surface area contributed by atoms with E-state index in [1.54, 1.807) is 6.07 Å². The van der Waals surface area contributed by atoms with E-state index < -0.39 is 19.7 Å². The lowest BCUT2D eigenvalue weighted by Crippen LogP contribution is -2.34. The van der Waals surface area contributed by atoms with Gasteiger partial charge in [0.2, 0.25) is 0 Å². The second kappa shape index (κ2) is 7.52. The number of anilines is 1. The summed E-state index contributed by atoms with van der Waals surface area (Å²) in [6.45, 7) is 2.06. The van der Waals surface area contributed by atoms with Gasteiger partial charge in [0.05, 0.1) is 15.5 Å². The quantitative estimate of drug-likeness (QED) is 0.738. The molecule has 28 heavy (non-hydrogen) atoms. The smallest absolute Gasteiger partial charge is 0.177 e. The van der Waals surface area contributed by atoms with Crippen LogP contribution >= 0.6 is 0 Å². The molecule has 1 saturated carbocycles. The summed E-state index contributed by atoms with van der Waals surface area (Å²) in [6.07, 6.45) is 5.29. The van der Waals surface area contributed by atoms with Crippen molar-refractivity contribution in [3.8, 4) is 0 Å². The maximum absolute atomic E-state index is 12.4. The van der Waals surface area contributed by atoms with Crippen molar-refractivity contribution in [2.24, 2.45) is 0 Å². The molecule has 2 atom stereocenters. The van der Waals surface area contributed by atoms with E-state index in [0.29, 0.717) is 11.6 Å². The Kier molecular flexibility index (Phi) is 5.60. The highest BCUT2D eigenvalue weighted by Gasteiger charge is 2.33. The van der Waals surface area contributed by atoms with Gasteiger partial charge in [-0.2, -0.15) is 0 Å². The van der Waals surface area contributed by atoms with E-state index in [-0.39, 0.29) is 15.8 Å². The fraction of sp³-hybridized carbons (Fsp3) is 0.429. The zero-order valence-corrected chi connectivity index (χ0v) is 18.3. The standard InChI is InChI=1S/C21H27NO4S2/c1-15-8-10-16(11-9-15)18-6-5-7-19(18)22(2)20-13-12-17(27(3,23)24)14-21(20)28(4,25)26/h8-14,18-19H,5-7H2,1-4H3/t18-,19+/m0/s1. The van der Waals surface area contributed by atoms with Crippen LogP contribution in [0.5, 0.6) is 0 Å². The fourth-order valence-electron chi connectivity index (χ4n) is 4.10. The molecule has 2 aromatic carbocycles. The summed E-state index contributed by atoms with van der Waals surface area (Å²) in [5.74, 6) is 0.313. The van der Waals surface area contributed by atoms with E-state index in [2.05, 4.69) is 31.2 Å². The predicted octanol–water partition coefficient (Wildman–Crippen LogP) is 3.57. The van der Waals surface area contributed by atoms with E-state index in [1.165, 1.54) is 23.3 Å². The van der Waals surface area contributed by atoms with Gasteiger partial charge in [0.1, 0.15) is 0 Å². The van der Waals surface area contributed by atoms with Crippen LogP contribution in [-0.2, 0) is 19.7 Å². The van der Waals surface area contributed by atoms with Crippen molar-refractivity contribution in [2.45, 2.75) is 47.9 Å². The molecule has 5 nitrogen and oxygen atoms in total. The van der Waals surface area contributed by atoms with Crippen LogP contribution in [0.3, 0.4) is 0 Å². The third-order valence-electron chi connectivity index (χ3n) is 5.62. The number of benzene rings is 2. The maximum atomic E-state index is 12.4. The van der Waals surface area contributed by atoms with Gasteiger partial charge < -0.3 is 4.90 Å². The first kappa shape index (κ1) is 20.9. The van der Waals surface area contributed by atoms with Crippen LogP contribution in [0, 0.1) is 6.92 Å². The van der Waals surface area contributed by atoms with Gasteiger partial charge in [-0.25, -0.2) is 16.8 Å². The third kappa shape index (κ3) is 4.25. The Hall–Kier alpha value is -1.86. The molecule has 0 unspecified atom stereocenters. The van der Waals surface area contributed by atoms with Crippen LogP contribution in [-0.4, -0.2) is 42.4 Å². The third-order valence-corrected chi connectivity index (χ3v) is 7.86. The number of hydrogen-bond donors (Lipinski definition) is 0. The molecule has 0 radical (unpaired) electrons. The van der Waals surface area contributed by atoms with Crippen molar-refractivity contribution < 1.29 is 16.8 Å². The Morgan fingerprint density at radius 1 is 0.893 bits per heavy atom. The van der Waals surface area contributed by atoms with E-state index >= 15 is 0 Å². The summed E-state index contributed by atoms with van der Waals surface area (Å²) in [5, 5.41) is 0. The average molecular weight is 422 g/mol. The van der Waals surface area contributed by atoms with E-state index in [1.807, 2.05) is 11.9 Å². The molecular weight excluding hydrogens is 394 g/mol. The molecule has 0 aromatic heterocycles. The number of nitrogens with zero attached hydrogens (tertiary/aromatic N) is 1. The molecule has 1 aliphatic rings. The SMILES string of the molecule is Cc1ccc([C@@H]2CCC[C@H]2N(C)c2ccc(S(C)(=O)=O)cc2S(C)(=O)=O)cc1. The fourth-order valence-corrected chi connectivity index (χ4v) is 5.75. The molecule has 0 amide bonds. The summed E-state index contributed by atoms with van der Waals surface area (Å²) >= 11 is 0. The van der Waals surface area contributed by atoms with Crippen molar-refractivity contribution in [2.75, 3.05) is 24.5 Å². The summed E-state index contributed by atoms with van der Waals surface area (Å²) in [5.41, 5.74) is 3.02. The summed E-state index contributed by atoms with van der Waals surface area (Å²) in [7, 11) is -5.17. The van der Waals surface area contributed by atoms with Crippen LogP contribution in [0.25, 0.3) is 0 Å². The van der Waals surface area contributed by atoms with Crippen LogP contribution < -0.4 is 4.90 Å². The minimum atomic E-state index is -3.58. The first-order valence-corrected chi connectivity index (χ1v) is 13.1. The van der Waals surface area contributed by atoms with Gasteiger partial charge >= 0.3 is 0 Å². The summed E-state index contributed by atoms with van der Waals surface area (Å²) in [4.78, 5) is 2.10.